The van der Waals surface area contributed by atoms with Crippen molar-refractivity contribution in [3.8, 4) is 0 Å². The lowest BCUT2D eigenvalue weighted by Gasteiger charge is -2.15. The highest BCUT2D eigenvalue weighted by Crippen LogP contribution is 2.17. The van der Waals surface area contributed by atoms with Crippen LogP contribution >= 0.6 is 0 Å². The summed E-state index contributed by atoms with van der Waals surface area (Å²) in [5, 5.41) is 9.05. The van der Waals surface area contributed by atoms with Gasteiger partial charge in [-0.3, -0.25) is 9.78 Å². The standard InChI is InChI=1S/C12H17NO2/c1-8(2)11(12(14)15)5-10-4-9(3)6-13-7-10/h4,6-8,11H,5H2,1-3H3,(H,14,15). The summed E-state index contributed by atoms with van der Waals surface area (Å²) < 4.78 is 0. The fourth-order valence-corrected chi connectivity index (χ4v) is 1.59. The molecule has 0 spiro atoms. The molecule has 1 heterocycles. The van der Waals surface area contributed by atoms with Crippen LogP contribution in [-0.4, -0.2) is 16.1 Å². The molecule has 1 aromatic rings. The SMILES string of the molecule is Cc1cncc(CC(C(=O)O)C(C)C)c1. The van der Waals surface area contributed by atoms with Crippen molar-refractivity contribution in [3.63, 3.8) is 0 Å². The molecule has 1 aromatic heterocycles. The van der Waals surface area contributed by atoms with E-state index in [1.807, 2.05) is 26.8 Å². The average Bonchev–Trinajstić information content (AvgIpc) is 2.13. The second-order valence-electron chi connectivity index (χ2n) is 4.26. The van der Waals surface area contributed by atoms with Crippen LogP contribution in [0, 0.1) is 18.8 Å². The zero-order chi connectivity index (χ0) is 11.4. The highest BCUT2D eigenvalue weighted by atomic mass is 16.4. The van der Waals surface area contributed by atoms with Gasteiger partial charge in [-0.15, -0.1) is 0 Å². The number of aryl methyl sites for hydroxylation is 1. The van der Waals surface area contributed by atoms with Crippen molar-refractivity contribution < 1.29 is 9.90 Å². The molecular formula is C12H17NO2. The summed E-state index contributed by atoms with van der Waals surface area (Å²) >= 11 is 0. The van der Waals surface area contributed by atoms with Crippen LogP contribution in [0.4, 0.5) is 0 Å². The lowest BCUT2D eigenvalue weighted by atomic mass is 9.90. The van der Waals surface area contributed by atoms with Gasteiger partial charge in [0.15, 0.2) is 0 Å². The van der Waals surface area contributed by atoms with E-state index in [9.17, 15) is 4.79 Å². The molecule has 1 atom stereocenters. The van der Waals surface area contributed by atoms with Crippen molar-refractivity contribution in [2.45, 2.75) is 27.2 Å². The Kier molecular flexibility index (Phi) is 3.83. The zero-order valence-electron chi connectivity index (χ0n) is 9.40. The van der Waals surface area contributed by atoms with Crippen LogP contribution in [0.25, 0.3) is 0 Å². The van der Waals surface area contributed by atoms with Gasteiger partial charge in [-0.2, -0.15) is 0 Å². The molecule has 0 amide bonds. The summed E-state index contributed by atoms with van der Waals surface area (Å²) in [5.41, 5.74) is 2.07. The highest BCUT2D eigenvalue weighted by molar-refractivity contribution is 5.70. The van der Waals surface area contributed by atoms with E-state index in [-0.39, 0.29) is 11.8 Å². The smallest absolute Gasteiger partial charge is 0.307 e. The molecule has 0 aliphatic heterocycles. The Morgan fingerprint density at radius 3 is 2.60 bits per heavy atom. The minimum absolute atomic E-state index is 0.142. The van der Waals surface area contributed by atoms with E-state index in [0.717, 1.165) is 11.1 Å². The maximum atomic E-state index is 11.0. The number of hydrogen-bond acceptors (Lipinski definition) is 2. The van der Waals surface area contributed by atoms with E-state index in [0.29, 0.717) is 6.42 Å². The molecule has 0 radical (unpaired) electrons. The second-order valence-corrected chi connectivity index (χ2v) is 4.26. The molecule has 3 nitrogen and oxygen atoms in total. The first-order valence-electron chi connectivity index (χ1n) is 5.14. The van der Waals surface area contributed by atoms with Crippen molar-refractivity contribution >= 4 is 5.97 Å². The normalized spacial score (nSPS) is 12.8. The van der Waals surface area contributed by atoms with Gasteiger partial charge in [0.1, 0.15) is 0 Å². The van der Waals surface area contributed by atoms with E-state index in [1.54, 1.807) is 12.4 Å². The van der Waals surface area contributed by atoms with Gasteiger partial charge in [0.25, 0.3) is 0 Å². The first-order chi connectivity index (χ1) is 7.00. The third-order valence-corrected chi connectivity index (χ3v) is 2.51. The number of hydrogen-bond donors (Lipinski definition) is 1. The Morgan fingerprint density at radius 2 is 2.13 bits per heavy atom. The maximum Gasteiger partial charge on any atom is 0.307 e. The van der Waals surface area contributed by atoms with E-state index in [1.165, 1.54) is 0 Å². The summed E-state index contributed by atoms with van der Waals surface area (Å²) in [6, 6.07) is 1.99. The molecular weight excluding hydrogens is 190 g/mol. The van der Waals surface area contributed by atoms with Crippen molar-refractivity contribution in [1.82, 2.24) is 4.98 Å². The van der Waals surface area contributed by atoms with Crippen LogP contribution < -0.4 is 0 Å². The summed E-state index contributed by atoms with van der Waals surface area (Å²) in [4.78, 5) is 15.1. The Balaban J connectivity index is 2.79. The van der Waals surface area contributed by atoms with Crippen molar-refractivity contribution in [1.29, 1.82) is 0 Å². The van der Waals surface area contributed by atoms with Crippen LogP contribution in [0.5, 0.6) is 0 Å². The maximum absolute atomic E-state index is 11.0. The van der Waals surface area contributed by atoms with Gasteiger partial charge in [-0.05, 0) is 30.4 Å². The quantitative estimate of drug-likeness (QED) is 0.824. The Morgan fingerprint density at radius 1 is 1.47 bits per heavy atom. The minimum atomic E-state index is -0.730. The van der Waals surface area contributed by atoms with Crippen LogP contribution in [-0.2, 0) is 11.2 Å². The molecule has 0 aromatic carbocycles. The molecule has 15 heavy (non-hydrogen) atoms. The lowest BCUT2D eigenvalue weighted by Crippen LogP contribution is -2.22. The number of carbonyl (C=O) groups is 1. The second kappa shape index (κ2) is 4.91. The summed E-state index contributed by atoms with van der Waals surface area (Å²) in [5.74, 6) is -0.914. The monoisotopic (exact) mass is 207 g/mol. The number of aliphatic carboxylic acids is 1. The van der Waals surface area contributed by atoms with Crippen LogP contribution in [0.3, 0.4) is 0 Å². The first kappa shape index (κ1) is 11.7. The number of pyridine rings is 1. The third kappa shape index (κ3) is 3.35. The largest absolute Gasteiger partial charge is 0.481 e. The van der Waals surface area contributed by atoms with Crippen LogP contribution in [0.1, 0.15) is 25.0 Å². The van der Waals surface area contributed by atoms with Gasteiger partial charge in [-0.25, -0.2) is 0 Å². The van der Waals surface area contributed by atoms with Crippen molar-refractivity contribution in [3.05, 3.63) is 29.6 Å². The number of aromatic nitrogens is 1. The molecule has 0 bridgehead atoms. The Bertz CT molecular complexity index is 347. The lowest BCUT2D eigenvalue weighted by molar-refractivity contribution is -0.143. The number of nitrogens with zero attached hydrogens (tertiary/aromatic N) is 1. The summed E-state index contributed by atoms with van der Waals surface area (Å²) in [7, 11) is 0. The molecule has 3 heteroatoms. The molecule has 1 N–H and O–H groups in total. The van der Waals surface area contributed by atoms with E-state index in [2.05, 4.69) is 4.98 Å². The minimum Gasteiger partial charge on any atom is -0.481 e. The molecule has 0 fully saturated rings. The van der Waals surface area contributed by atoms with Gasteiger partial charge in [-0.1, -0.05) is 19.9 Å². The summed E-state index contributed by atoms with van der Waals surface area (Å²) in [6.07, 6.45) is 4.07. The topological polar surface area (TPSA) is 50.2 Å². The number of carboxylic acids is 1. The Labute approximate surface area is 90.2 Å². The number of rotatable bonds is 4. The molecule has 1 unspecified atom stereocenters. The van der Waals surface area contributed by atoms with Gasteiger partial charge in [0, 0.05) is 12.4 Å². The highest BCUT2D eigenvalue weighted by Gasteiger charge is 2.21. The van der Waals surface area contributed by atoms with Gasteiger partial charge >= 0.3 is 5.97 Å². The van der Waals surface area contributed by atoms with Crippen LogP contribution in [0.2, 0.25) is 0 Å². The number of carboxylic acid groups (broad SMARTS) is 1. The van der Waals surface area contributed by atoms with Gasteiger partial charge < -0.3 is 5.11 Å². The molecule has 82 valence electrons. The third-order valence-electron chi connectivity index (χ3n) is 2.51. The van der Waals surface area contributed by atoms with Crippen molar-refractivity contribution in [2.24, 2.45) is 11.8 Å². The molecule has 0 aliphatic carbocycles. The first-order valence-corrected chi connectivity index (χ1v) is 5.14. The summed E-state index contributed by atoms with van der Waals surface area (Å²) in [6.45, 7) is 5.83. The molecule has 0 aliphatic rings. The Hall–Kier alpha value is -1.38. The zero-order valence-corrected chi connectivity index (χ0v) is 9.40. The molecule has 0 saturated heterocycles. The molecule has 1 rings (SSSR count). The van der Waals surface area contributed by atoms with Gasteiger partial charge in [0.2, 0.25) is 0 Å². The predicted octanol–water partition coefficient (Wildman–Crippen LogP) is 2.29. The fraction of sp³-hybridized carbons (Fsp3) is 0.500. The van der Waals surface area contributed by atoms with E-state index < -0.39 is 5.97 Å². The van der Waals surface area contributed by atoms with Gasteiger partial charge in [0.05, 0.1) is 5.92 Å². The molecule has 0 saturated carbocycles. The van der Waals surface area contributed by atoms with Crippen LogP contribution in [0.15, 0.2) is 18.5 Å². The van der Waals surface area contributed by atoms with Crippen molar-refractivity contribution in [2.75, 3.05) is 0 Å². The fourth-order valence-electron chi connectivity index (χ4n) is 1.59. The van der Waals surface area contributed by atoms with E-state index in [4.69, 9.17) is 5.11 Å². The van der Waals surface area contributed by atoms with E-state index >= 15 is 0 Å². The predicted molar refractivity (Wildman–Crippen MR) is 58.6 cm³/mol. The average molecular weight is 207 g/mol.